The van der Waals surface area contributed by atoms with Gasteiger partial charge in [0.05, 0.1) is 70.0 Å². The Morgan fingerprint density at radius 3 is 1.38 bits per heavy atom. The molecule has 0 spiro atoms. The zero-order valence-corrected chi connectivity index (χ0v) is 56.9. The monoisotopic (exact) mass is 1390 g/mol. The van der Waals surface area contributed by atoms with E-state index in [0.717, 1.165) is 77.6 Å². The van der Waals surface area contributed by atoms with E-state index in [0.29, 0.717) is 42.7 Å². The number of carbonyl (C=O) groups excluding carboxylic acids is 6. The summed E-state index contributed by atoms with van der Waals surface area (Å²) in [5.74, 6) is -5.28. The Kier molecular flexibility index (Phi) is 21.9. The van der Waals surface area contributed by atoms with Gasteiger partial charge >= 0.3 is 11.9 Å². The maximum atomic E-state index is 15.0. The number of hydrogen-bond donors (Lipinski definition) is 6. The molecule has 22 nitrogen and oxygen atoms in total. The quantitative estimate of drug-likeness (QED) is 0.0197. The van der Waals surface area contributed by atoms with Gasteiger partial charge in [-0.2, -0.15) is 0 Å². The summed E-state index contributed by atoms with van der Waals surface area (Å²) in [6, 6.07) is 49.5. The molecular weight excluding hydrogens is 1310 g/mol. The van der Waals surface area contributed by atoms with Gasteiger partial charge in [-0.3, -0.25) is 59.3 Å². The van der Waals surface area contributed by atoms with Crippen LogP contribution in [0.4, 0.5) is 8.78 Å². The Bertz CT molecular complexity index is 4800. The predicted octanol–water partition coefficient (Wildman–Crippen LogP) is 11.4. The second kappa shape index (κ2) is 31.0. The van der Waals surface area contributed by atoms with Gasteiger partial charge in [0.15, 0.2) is 23.1 Å². The van der Waals surface area contributed by atoms with Crippen molar-refractivity contribution in [1.82, 2.24) is 41.3 Å². The molecular formula is C78H76F2N8O14. The van der Waals surface area contributed by atoms with Gasteiger partial charge in [-0.1, -0.05) is 78.9 Å². The summed E-state index contributed by atoms with van der Waals surface area (Å²) in [5.41, 5.74) is 12.7. The minimum atomic E-state index is -1.13. The first-order chi connectivity index (χ1) is 49.2. The summed E-state index contributed by atoms with van der Waals surface area (Å²) in [6.07, 6.45) is 4.90. The third kappa shape index (κ3) is 15.8. The SMILES string of the molecule is CCOC(=O)[C@@]1(Cc2ccc(OCc3cc(C)nc4ccccc34)cc2)C[C@@H]1C(=O)NO.COC(=O)[C@@]1(Cc2ccc(OCc3cc(-c4ccncc4)nc4ccccc34)c(F)c2)C[C@@H]1C(=O)NO.Cc1cc(COc2ccc(C[C@]3(C(=O)N(C)C)C[C@@H]3C(=O)NO)cc2F)c2ccccc2n1. The summed E-state index contributed by atoms with van der Waals surface area (Å²) in [6.45, 7) is 6.54. The van der Waals surface area contributed by atoms with E-state index in [2.05, 4.69) is 15.0 Å². The number of amides is 4. The number of aryl methyl sites for hydroxylation is 2. The average Bonchev–Trinajstić information content (AvgIpc) is 1.58. The van der Waals surface area contributed by atoms with E-state index in [1.54, 1.807) is 62.0 Å². The molecule has 526 valence electrons. The summed E-state index contributed by atoms with van der Waals surface area (Å²) in [7, 11) is 4.45. The molecule has 102 heavy (non-hydrogen) atoms. The Labute approximate surface area is 585 Å². The molecule has 0 radical (unpaired) electrons. The fraction of sp³-hybridized carbons (Fsp3) is 0.282. The van der Waals surface area contributed by atoms with Gasteiger partial charge < -0.3 is 28.6 Å². The standard InChI is InChI=1S/C28H24FN3O5.C25H26FN3O4.C25H26N2O5/c1-36-27(34)28(15-21(28)26(33)32-35)14-17-6-7-25(22(29)12-17)37-16-19-13-24(18-8-10-30-11-9-18)31-23-5-3-2-4-20(19)23;1-15-10-17(18-6-4-5-7-21(18)27-15)14-33-22-9-8-16(11-20(22)26)12-25(24(31)29(2)3)13-19(25)23(30)28-32;1-3-31-24(29)25(14-21(25)23(28)27-30)13-17-8-10-19(11-9-17)32-15-18-12-16(2)26-22-7-5-4-6-20(18)22/h2-13,21,35H,14-16H2,1H3,(H,32,33);4-11,19,32H,12-14H2,1-3H3,(H,28,30);4-12,21,30H,3,13-15H2,1-2H3,(H,27,28)/t21-,28+;19-,25+;21-,25+/m111/s1. The van der Waals surface area contributed by atoms with Gasteiger partial charge in [0, 0.05) is 76.3 Å². The third-order valence-corrected chi connectivity index (χ3v) is 18.9. The lowest BCUT2D eigenvalue weighted by molar-refractivity contribution is -0.152. The van der Waals surface area contributed by atoms with E-state index in [4.69, 9.17) is 44.3 Å². The number of ether oxygens (including phenoxy) is 5. The Balaban J connectivity index is 0.000000154. The van der Waals surface area contributed by atoms with Crippen LogP contribution in [-0.4, -0.2) is 104 Å². The third-order valence-electron chi connectivity index (χ3n) is 18.9. The fourth-order valence-corrected chi connectivity index (χ4v) is 13.5. The van der Waals surface area contributed by atoms with Crippen molar-refractivity contribution >= 4 is 68.3 Å². The van der Waals surface area contributed by atoms with Crippen molar-refractivity contribution in [1.29, 1.82) is 0 Å². The Morgan fingerprint density at radius 1 is 0.510 bits per heavy atom. The van der Waals surface area contributed by atoms with Gasteiger partial charge in [-0.15, -0.1) is 0 Å². The highest BCUT2D eigenvalue weighted by molar-refractivity contribution is 5.96. The lowest BCUT2D eigenvalue weighted by Gasteiger charge is -2.21. The van der Waals surface area contributed by atoms with E-state index < -0.39 is 75.3 Å². The zero-order valence-electron chi connectivity index (χ0n) is 56.9. The Hall–Kier alpha value is -11.3. The summed E-state index contributed by atoms with van der Waals surface area (Å²) < 4.78 is 57.6. The van der Waals surface area contributed by atoms with Crippen LogP contribution in [0.2, 0.25) is 0 Å². The van der Waals surface area contributed by atoms with Gasteiger partial charge in [0.2, 0.25) is 23.6 Å². The van der Waals surface area contributed by atoms with Crippen molar-refractivity contribution in [2.45, 2.75) is 79.1 Å². The molecule has 4 heterocycles. The van der Waals surface area contributed by atoms with E-state index in [1.165, 1.54) is 36.3 Å². The van der Waals surface area contributed by atoms with Crippen molar-refractivity contribution in [2.75, 3.05) is 27.8 Å². The molecule has 6 atom stereocenters. The number of methoxy groups -OCH3 is 1. The molecule has 0 saturated heterocycles. The van der Waals surface area contributed by atoms with Gasteiger partial charge in [-0.25, -0.2) is 30.2 Å². The molecule has 4 aromatic heterocycles. The number of nitrogens with one attached hydrogen (secondary N) is 3. The first-order valence-corrected chi connectivity index (χ1v) is 33.0. The van der Waals surface area contributed by atoms with E-state index in [1.807, 2.05) is 141 Å². The molecule has 3 aliphatic carbocycles. The fourth-order valence-electron chi connectivity index (χ4n) is 13.5. The van der Waals surface area contributed by atoms with Crippen LogP contribution in [-0.2, 0) is 77.3 Å². The molecule has 13 rings (SSSR count). The molecule has 0 unspecified atom stereocenters. The zero-order chi connectivity index (χ0) is 72.5. The summed E-state index contributed by atoms with van der Waals surface area (Å²) >= 11 is 0. The normalized spacial score (nSPS) is 19.0. The second-order valence-corrected chi connectivity index (χ2v) is 25.9. The number of rotatable bonds is 23. The van der Waals surface area contributed by atoms with Crippen molar-refractivity contribution in [3.8, 4) is 28.5 Å². The number of hydroxylamine groups is 3. The second-order valence-electron chi connectivity index (χ2n) is 25.9. The number of esters is 2. The van der Waals surface area contributed by atoms with Crippen LogP contribution in [0.1, 0.15) is 71.0 Å². The predicted molar refractivity (Wildman–Crippen MR) is 370 cm³/mol. The number of fused-ring (bicyclic) bond motifs is 3. The van der Waals surface area contributed by atoms with Crippen molar-refractivity contribution < 1.29 is 76.9 Å². The van der Waals surface area contributed by atoms with Gasteiger partial charge in [-0.05, 0) is 161 Å². The van der Waals surface area contributed by atoms with Crippen LogP contribution in [0, 0.1) is 59.5 Å². The van der Waals surface area contributed by atoms with E-state index in [-0.39, 0.29) is 56.5 Å². The smallest absolute Gasteiger partial charge is 0.313 e. The molecule has 6 aromatic carbocycles. The lowest BCUT2D eigenvalue weighted by atomic mass is 9.92. The first kappa shape index (κ1) is 71.9. The van der Waals surface area contributed by atoms with Gasteiger partial charge in [0.1, 0.15) is 25.6 Å². The average molecular weight is 1390 g/mol. The minimum Gasteiger partial charge on any atom is -0.489 e. The summed E-state index contributed by atoms with van der Waals surface area (Å²) in [4.78, 5) is 92.6. The number of halogens is 2. The number of carbonyl (C=O) groups is 6. The largest absolute Gasteiger partial charge is 0.489 e. The number of aromatic nitrogens is 4. The molecule has 3 saturated carbocycles. The van der Waals surface area contributed by atoms with Crippen LogP contribution in [0.3, 0.4) is 0 Å². The van der Waals surface area contributed by atoms with Crippen LogP contribution in [0.25, 0.3) is 44.0 Å². The molecule has 6 N–H and O–H groups in total. The molecule has 4 amide bonds. The molecule has 10 aromatic rings. The number of para-hydroxylation sites is 3. The molecule has 3 fully saturated rings. The molecule has 3 aliphatic rings. The minimum absolute atomic E-state index is 0.0580. The van der Waals surface area contributed by atoms with Crippen LogP contribution in [0.5, 0.6) is 17.2 Å². The van der Waals surface area contributed by atoms with E-state index >= 15 is 4.39 Å². The highest BCUT2D eigenvalue weighted by Gasteiger charge is 2.66. The maximum absolute atomic E-state index is 15.0. The van der Waals surface area contributed by atoms with Crippen molar-refractivity contribution in [3.63, 3.8) is 0 Å². The van der Waals surface area contributed by atoms with Gasteiger partial charge in [0.25, 0.3) is 0 Å². The van der Waals surface area contributed by atoms with Crippen LogP contribution >= 0.6 is 0 Å². The van der Waals surface area contributed by atoms with Crippen LogP contribution in [0.15, 0.2) is 176 Å². The topological polar surface area (TPSA) is 300 Å². The highest BCUT2D eigenvalue weighted by atomic mass is 19.1. The van der Waals surface area contributed by atoms with Crippen molar-refractivity contribution in [3.05, 3.63) is 233 Å². The first-order valence-electron chi connectivity index (χ1n) is 33.0. The summed E-state index contributed by atoms with van der Waals surface area (Å²) in [5, 5.41) is 29.8. The lowest BCUT2D eigenvalue weighted by Crippen LogP contribution is -2.36. The number of nitrogens with zero attached hydrogens (tertiary/aromatic N) is 5. The number of pyridine rings is 4. The molecule has 0 bridgehead atoms. The number of benzene rings is 6. The molecule has 24 heteroatoms. The number of hydrogen-bond acceptors (Lipinski definition) is 18. The maximum Gasteiger partial charge on any atom is 0.313 e. The highest BCUT2D eigenvalue weighted by Crippen LogP contribution is 2.58. The van der Waals surface area contributed by atoms with E-state index in [9.17, 15) is 33.2 Å². The van der Waals surface area contributed by atoms with Crippen LogP contribution < -0.4 is 30.7 Å². The Morgan fingerprint density at radius 2 is 0.922 bits per heavy atom. The molecule has 0 aliphatic heterocycles. The van der Waals surface area contributed by atoms with Crippen molar-refractivity contribution in [2.24, 2.45) is 34.0 Å².